The Balaban J connectivity index is 2.26. The first kappa shape index (κ1) is 14.4. The van der Waals surface area contributed by atoms with Gasteiger partial charge in [0.25, 0.3) is 0 Å². The van der Waals surface area contributed by atoms with Gasteiger partial charge in [-0.05, 0) is 6.54 Å². The van der Waals surface area contributed by atoms with E-state index in [9.17, 15) is 9.90 Å². The van der Waals surface area contributed by atoms with Crippen molar-refractivity contribution >= 4 is 5.91 Å². The van der Waals surface area contributed by atoms with Crippen LogP contribution in [0.3, 0.4) is 0 Å². The second kappa shape index (κ2) is 6.93. The largest absolute Gasteiger partial charge is 0.388 e. The Morgan fingerprint density at radius 2 is 2.12 bits per heavy atom. The molecule has 1 heterocycles. The van der Waals surface area contributed by atoms with Crippen molar-refractivity contribution < 1.29 is 14.6 Å². The van der Waals surface area contributed by atoms with Crippen molar-refractivity contribution in [3.05, 3.63) is 0 Å². The van der Waals surface area contributed by atoms with Crippen molar-refractivity contribution in [1.29, 1.82) is 0 Å². The molecule has 1 unspecified atom stereocenters. The summed E-state index contributed by atoms with van der Waals surface area (Å²) in [6.45, 7) is 6.88. The van der Waals surface area contributed by atoms with E-state index >= 15 is 0 Å². The average Bonchev–Trinajstić information content (AvgIpc) is 2.34. The highest BCUT2D eigenvalue weighted by Crippen LogP contribution is 2.19. The van der Waals surface area contributed by atoms with Crippen LogP contribution in [-0.4, -0.2) is 49.5 Å². The maximum Gasteiger partial charge on any atom is 0.224 e. The van der Waals surface area contributed by atoms with E-state index in [4.69, 9.17) is 4.74 Å². The maximum absolute atomic E-state index is 11.7. The average molecular weight is 244 g/mol. The molecule has 0 spiro atoms. The van der Waals surface area contributed by atoms with E-state index in [1.54, 1.807) is 0 Å². The summed E-state index contributed by atoms with van der Waals surface area (Å²) in [6.07, 6.45) is 1.18. The summed E-state index contributed by atoms with van der Waals surface area (Å²) in [4.78, 5) is 11.7. The Morgan fingerprint density at radius 3 is 2.71 bits per heavy atom. The van der Waals surface area contributed by atoms with Crippen molar-refractivity contribution in [3.63, 3.8) is 0 Å². The van der Waals surface area contributed by atoms with Crippen molar-refractivity contribution in [3.8, 4) is 0 Å². The van der Waals surface area contributed by atoms with Gasteiger partial charge in [-0.3, -0.25) is 4.79 Å². The van der Waals surface area contributed by atoms with Gasteiger partial charge in [-0.1, -0.05) is 13.8 Å². The molecule has 0 aromatic heterocycles. The minimum Gasteiger partial charge on any atom is -0.388 e. The van der Waals surface area contributed by atoms with Crippen LogP contribution < -0.4 is 10.6 Å². The fourth-order valence-corrected chi connectivity index (χ4v) is 1.81. The fourth-order valence-electron chi connectivity index (χ4n) is 1.81. The molecule has 0 saturated carbocycles. The maximum atomic E-state index is 11.7. The highest BCUT2D eigenvalue weighted by atomic mass is 16.5. The lowest BCUT2D eigenvalue weighted by Gasteiger charge is -2.32. The highest BCUT2D eigenvalue weighted by molar-refractivity contribution is 5.78. The SMILES string of the molecule is CCNCC(C)C(=O)NCC1(O)CCOCC1. The second-order valence-electron chi connectivity index (χ2n) is 4.76. The summed E-state index contributed by atoms with van der Waals surface area (Å²) in [5.74, 6) is -0.0794. The topological polar surface area (TPSA) is 70.6 Å². The molecule has 0 radical (unpaired) electrons. The number of hydrogen-bond acceptors (Lipinski definition) is 4. The first-order valence-corrected chi connectivity index (χ1v) is 6.36. The van der Waals surface area contributed by atoms with Crippen molar-refractivity contribution in [2.45, 2.75) is 32.3 Å². The third-order valence-corrected chi connectivity index (χ3v) is 3.16. The molecular weight excluding hydrogens is 220 g/mol. The molecule has 1 rings (SSSR count). The number of rotatable bonds is 6. The van der Waals surface area contributed by atoms with Crippen molar-refractivity contribution in [2.24, 2.45) is 5.92 Å². The van der Waals surface area contributed by atoms with Gasteiger partial charge in [-0.15, -0.1) is 0 Å². The summed E-state index contributed by atoms with van der Waals surface area (Å²) < 4.78 is 5.19. The summed E-state index contributed by atoms with van der Waals surface area (Å²) in [7, 11) is 0. The Labute approximate surface area is 103 Å². The zero-order valence-electron chi connectivity index (χ0n) is 10.8. The van der Waals surface area contributed by atoms with Crippen LogP contribution in [0.2, 0.25) is 0 Å². The Hall–Kier alpha value is -0.650. The molecule has 0 bridgehead atoms. The van der Waals surface area contributed by atoms with Crippen molar-refractivity contribution in [2.75, 3.05) is 32.8 Å². The number of carbonyl (C=O) groups excluding carboxylic acids is 1. The summed E-state index contributed by atoms with van der Waals surface area (Å²) in [5, 5.41) is 16.1. The van der Waals surface area contributed by atoms with Crippen LogP contribution in [0.15, 0.2) is 0 Å². The molecule has 0 aliphatic carbocycles. The lowest BCUT2D eigenvalue weighted by Crippen LogP contribution is -2.48. The lowest BCUT2D eigenvalue weighted by molar-refractivity contribution is -0.127. The van der Waals surface area contributed by atoms with Crippen LogP contribution in [0.5, 0.6) is 0 Å². The highest BCUT2D eigenvalue weighted by Gasteiger charge is 2.30. The van der Waals surface area contributed by atoms with Crippen LogP contribution in [-0.2, 0) is 9.53 Å². The Bertz CT molecular complexity index is 240. The van der Waals surface area contributed by atoms with Gasteiger partial charge in [0.05, 0.1) is 5.60 Å². The summed E-state index contributed by atoms with van der Waals surface area (Å²) >= 11 is 0. The molecule has 1 saturated heterocycles. The molecule has 1 fully saturated rings. The third kappa shape index (κ3) is 5.02. The van der Waals surface area contributed by atoms with E-state index in [1.165, 1.54) is 0 Å². The molecule has 0 aromatic carbocycles. The fraction of sp³-hybridized carbons (Fsp3) is 0.917. The lowest BCUT2D eigenvalue weighted by atomic mass is 9.94. The van der Waals surface area contributed by atoms with Crippen LogP contribution in [0.25, 0.3) is 0 Å². The van der Waals surface area contributed by atoms with E-state index in [1.807, 2.05) is 13.8 Å². The zero-order valence-corrected chi connectivity index (χ0v) is 10.8. The molecular formula is C12H24N2O3. The van der Waals surface area contributed by atoms with Gasteiger partial charge < -0.3 is 20.5 Å². The molecule has 5 heteroatoms. The Kier molecular flexibility index (Phi) is 5.88. The summed E-state index contributed by atoms with van der Waals surface area (Å²) in [6, 6.07) is 0. The molecule has 100 valence electrons. The predicted octanol–water partition coefficient (Wildman–Crippen LogP) is -0.110. The third-order valence-electron chi connectivity index (χ3n) is 3.16. The summed E-state index contributed by atoms with van der Waals surface area (Å²) in [5.41, 5.74) is -0.786. The van der Waals surface area contributed by atoms with Gasteiger partial charge in [-0.25, -0.2) is 0 Å². The number of nitrogens with one attached hydrogen (secondary N) is 2. The van der Waals surface area contributed by atoms with Crippen LogP contribution in [0.4, 0.5) is 0 Å². The minimum absolute atomic E-state index is 0.00846. The molecule has 5 nitrogen and oxygen atoms in total. The smallest absolute Gasteiger partial charge is 0.224 e. The van der Waals surface area contributed by atoms with Gasteiger partial charge in [0.15, 0.2) is 0 Å². The van der Waals surface area contributed by atoms with E-state index in [0.717, 1.165) is 6.54 Å². The number of hydrogen-bond donors (Lipinski definition) is 3. The monoisotopic (exact) mass is 244 g/mol. The number of amides is 1. The molecule has 1 amide bonds. The standard InChI is InChI=1S/C12H24N2O3/c1-3-13-8-10(2)11(15)14-9-12(16)4-6-17-7-5-12/h10,13,16H,3-9H2,1-2H3,(H,14,15). The van der Waals surface area contributed by atoms with Gasteiger partial charge in [-0.2, -0.15) is 0 Å². The van der Waals surface area contributed by atoms with E-state index in [-0.39, 0.29) is 11.8 Å². The first-order valence-electron chi connectivity index (χ1n) is 6.36. The predicted molar refractivity (Wildman–Crippen MR) is 65.7 cm³/mol. The van der Waals surface area contributed by atoms with Crippen LogP contribution in [0.1, 0.15) is 26.7 Å². The molecule has 1 atom stereocenters. The van der Waals surface area contributed by atoms with E-state index in [0.29, 0.717) is 39.1 Å². The van der Waals surface area contributed by atoms with Gasteiger partial charge in [0.1, 0.15) is 0 Å². The quantitative estimate of drug-likeness (QED) is 0.610. The molecule has 3 N–H and O–H groups in total. The van der Waals surface area contributed by atoms with Gasteiger partial charge in [0.2, 0.25) is 5.91 Å². The zero-order chi connectivity index (χ0) is 12.7. The number of ether oxygens (including phenoxy) is 1. The van der Waals surface area contributed by atoms with Crippen LogP contribution in [0, 0.1) is 5.92 Å². The van der Waals surface area contributed by atoms with Gasteiger partial charge >= 0.3 is 0 Å². The first-order chi connectivity index (χ1) is 8.07. The van der Waals surface area contributed by atoms with E-state index in [2.05, 4.69) is 10.6 Å². The minimum atomic E-state index is -0.786. The number of aliphatic hydroxyl groups is 1. The normalized spacial score (nSPS) is 20.9. The number of carbonyl (C=O) groups is 1. The molecule has 17 heavy (non-hydrogen) atoms. The van der Waals surface area contributed by atoms with Crippen LogP contribution >= 0.6 is 0 Å². The molecule has 0 aromatic rings. The molecule has 1 aliphatic heterocycles. The Morgan fingerprint density at radius 1 is 1.47 bits per heavy atom. The van der Waals surface area contributed by atoms with E-state index < -0.39 is 5.60 Å². The van der Waals surface area contributed by atoms with Crippen molar-refractivity contribution in [1.82, 2.24) is 10.6 Å². The second-order valence-corrected chi connectivity index (χ2v) is 4.76. The molecule has 1 aliphatic rings. The van der Waals surface area contributed by atoms with Gasteiger partial charge in [0, 0.05) is 45.1 Å².